The molecule has 0 bridgehead atoms. The topological polar surface area (TPSA) is 87.7 Å². The zero-order valence-electron chi connectivity index (χ0n) is 16.3. The molecule has 0 spiro atoms. The third-order valence-electron chi connectivity index (χ3n) is 5.14. The second kappa shape index (κ2) is 7.19. The molecule has 2 aromatic carbocycles. The molecule has 2 aliphatic heterocycles. The molecule has 2 aliphatic rings. The Labute approximate surface area is 172 Å². The van der Waals surface area contributed by atoms with E-state index in [0.29, 0.717) is 22.4 Å². The maximum atomic E-state index is 13.5. The molecule has 0 aliphatic carbocycles. The average Bonchev–Trinajstić information content (AvgIpc) is 3.18. The predicted octanol–water partition coefficient (Wildman–Crippen LogP) is 1.73. The number of carbonyl (C=O) groups is 3. The molecule has 7 nitrogen and oxygen atoms in total. The van der Waals surface area contributed by atoms with Crippen molar-refractivity contribution in [2.75, 3.05) is 13.7 Å². The van der Waals surface area contributed by atoms with Crippen molar-refractivity contribution in [1.82, 2.24) is 15.5 Å². The molecular weight excluding hydrogens is 389 g/mol. The number of methoxy groups -OCH3 is 1. The molecule has 0 saturated carbocycles. The number of carbonyl (C=O) groups excluding carboxylic acids is 3. The van der Waals surface area contributed by atoms with Gasteiger partial charge < -0.3 is 15.0 Å². The van der Waals surface area contributed by atoms with E-state index >= 15 is 0 Å². The average molecular weight is 407 g/mol. The van der Waals surface area contributed by atoms with Gasteiger partial charge in [0.25, 0.3) is 11.8 Å². The number of nitrogens with one attached hydrogen (secondary N) is 2. The van der Waals surface area contributed by atoms with Crippen LogP contribution < -0.4 is 15.4 Å². The minimum atomic E-state index is -1.61. The minimum absolute atomic E-state index is 0.131. The van der Waals surface area contributed by atoms with Crippen LogP contribution in [0.1, 0.15) is 27.0 Å². The lowest BCUT2D eigenvalue weighted by molar-refractivity contribution is -0.122. The first kappa shape index (κ1) is 19.5. The van der Waals surface area contributed by atoms with E-state index in [0.717, 1.165) is 5.56 Å². The van der Waals surface area contributed by atoms with Gasteiger partial charge in [0, 0.05) is 17.7 Å². The number of rotatable bonds is 3. The standard InChI is InChI=1S/C22H18FN3O4/c1-13-9-14(3-6-18(13)23)7-8-22(20(28)24-21(29)25-22)12-26-11-15-4-5-16(30-2)10-17(15)19(26)27/h3-6,9-10H,11-12H2,1-2H3,(H2,24,25,28,29)/t22-/m1/s1. The number of amides is 4. The van der Waals surface area contributed by atoms with E-state index in [1.54, 1.807) is 31.2 Å². The summed E-state index contributed by atoms with van der Waals surface area (Å²) in [7, 11) is 1.51. The molecule has 30 heavy (non-hydrogen) atoms. The SMILES string of the molecule is COc1ccc2c(c1)C(=O)N(C[C@@]1(C#Cc3ccc(F)c(C)c3)NC(=O)NC1=O)C2. The number of nitrogens with zero attached hydrogens (tertiary/aromatic N) is 1. The molecule has 8 heteroatoms. The van der Waals surface area contributed by atoms with E-state index in [1.165, 1.54) is 24.1 Å². The second-order valence-corrected chi connectivity index (χ2v) is 7.21. The quantitative estimate of drug-likeness (QED) is 0.599. The van der Waals surface area contributed by atoms with Crippen molar-refractivity contribution in [2.45, 2.75) is 19.0 Å². The second-order valence-electron chi connectivity index (χ2n) is 7.21. The van der Waals surface area contributed by atoms with Crippen LogP contribution in [-0.2, 0) is 11.3 Å². The largest absolute Gasteiger partial charge is 0.497 e. The first-order valence-corrected chi connectivity index (χ1v) is 9.20. The van der Waals surface area contributed by atoms with E-state index in [4.69, 9.17) is 4.74 Å². The highest BCUT2D eigenvalue weighted by Crippen LogP contribution is 2.28. The smallest absolute Gasteiger partial charge is 0.323 e. The summed E-state index contributed by atoms with van der Waals surface area (Å²) in [4.78, 5) is 38.8. The fourth-order valence-electron chi connectivity index (χ4n) is 3.51. The summed E-state index contributed by atoms with van der Waals surface area (Å²) in [5.41, 5.74) is 0.568. The molecule has 4 rings (SSSR count). The fourth-order valence-corrected chi connectivity index (χ4v) is 3.51. The highest BCUT2D eigenvalue weighted by molar-refractivity contribution is 6.10. The Hall–Kier alpha value is -3.86. The Morgan fingerprint density at radius 1 is 1.20 bits per heavy atom. The zero-order chi connectivity index (χ0) is 21.5. The summed E-state index contributed by atoms with van der Waals surface area (Å²) in [5.74, 6) is 4.89. The van der Waals surface area contributed by atoms with Crippen LogP contribution in [0.15, 0.2) is 36.4 Å². The molecule has 1 saturated heterocycles. The van der Waals surface area contributed by atoms with E-state index in [9.17, 15) is 18.8 Å². The summed E-state index contributed by atoms with van der Waals surface area (Å²) in [6.45, 7) is 1.75. The first-order valence-electron chi connectivity index (χ1n) is 9.20. The summed E-state index contributed by atoms with van der Waals surface area (Å²) >= 11 is 0. The monoisotopic (exact) mass is 407 g/mol. The highest BCUT2D eigenvalue weighted by Gasteiger charge is 2.48. The van der Waals surface area contributed by atoms with Crippen LogP contribution in [0.3, 0.4) is 0 Å². The Bertz CT molecular complexity index is 1150. The van der Waals surface area contributed by atoms with Crippen molar-refractivity contribution in [1.29, 1.82) is 0 Å². The van der Waals surface area contributed by atoms with Gasteiger partial charge in [0.1, 0.15) is 11.6 Å². The molecule has 2 aromatic rings. The van der Waals surface area contributed by atoms with Gasteiger partial charge in [-0.1, -0.05) is 17.9 Å². The molecular formula is C22H18FN3O4. The van der Waals surface area contributed by atoms with Crippen LogP contribution in [-0.4, -0.2) is 41.9 Å². The van der Waals surface area contributed by atoms with Crippen LogP contribution in [0.4, 0.5) is 9.18 Å². The Morgan fingerprint density at radius 2 is 2.00 bits per heavy atom. The Morgan fingerprint density at radius 3 is 2.67 bits per heavy atom. The lowest BCUT2D eigenvalue weighted by atomic mass is 9.98. The van der Waals surface area contributed by atoms with Gasteiger partial charge in [-0.05, 0) is 48.4 Å². The number of fused-ring (bicyclic) bond motifs is 1. The van der Waals surface area contributed by atoms with Crippen LogP contribution in [0.25, 0.3) is 0 Å². The number of hydrogen-bond donors (Lipinski definition) is 2. The van der Waals surface area contributed by atoms with Crippen LogP contribution in [0.5, 0.6) is 5.75 Å². The molecule has 2 N–H and O–H groups in total. The maximum absolute atomic E-state index is 13.5. The van der Waals surface area contributed by atoms with E-state index in [-0.39, 0.29) is 24.8 Å². The summed E-state index contributed by atoms with van der Waals surface area (Å²) in [6.07, 6.45) is 0. The lowest BCUT2D eigenvalue weighted by Crippen LogP contribution is -2.54. The van der Waals surface area contributed by atoms with Crippen molar-refractivity contribution >= 4 is 17.8 Å². The predicted molar refractivity (Wildman–Crippen MR) is 105 cm³/mol. The van der Waals surface area contributed by atoms with Gasteiger partial charge >= 0.3 is 6.03 Å². The normalized spacial score (nSPS) is 19.7. The maximum Gasteiger partial charge on any atom is 0.323 e. The van der Waals surface area contributed by atoms with Crippen LogP contribution in [0, 0.1) is 24.6 Å². The summed E-state index contributed by atoms with van der Waals surface area (Å²) in [6, 6.07) is 8.83. The van der Waals surface area contributed by atoms with Gasteiger partial charge in [-0.3, -0.25) is 14.9 Å². The Kier molecular flexibility index (Phi) is 4.66. The van der Waals surface area contributed by atoms with Gasteiger partial charge in [-0.25, -0.2) is 9.18 Å². The third kappa shape index (κ3) is 3.35. The number of aryl methyl sites for hydroxylation is 1. The molecule has 0 radical (unpaired) electrons. The minimum Gasteiger partial charge on any atom is -0.497 e. The molecule has 152 valence electrons. The fraction of sp³-hybridized carbons (Fsp3) is 0.227. The number of imide groups is 1. The summed E-state index contributed by atoms with van der Waals surface area (Å²) < 4.78 is 18.7. The van der Waals surface area contributed by atoms with Gasteiger partial charge in [-0.2, -0.15) is 0 Å². The number of urea groups is 1. The van der Waals surface area contributed by atoms with Gasteiger partial charge in [-0.15, -0.1) is 0 Å². The number of halogens is 1. The molecule has 2 heterocycles. The molecule has 0 unspecified atom stereocenters. The van der Waals surface area contributed by atoms with E-state index in [2.05, 4.69) is 22.5 Å². The van der Waals surface area contributed by atoms with Crippen molar-refractivity contribution in [3.05, 3.63) is 64.5 Å². The number of hydrogen-bond acceptors (Lipinski definition) is 4. The van der Waals surface area contributed by atoms with Crippen molar-refractivity contribution in [3.63, 3.8) is 0 Å². The van der Waals surface area contributed by atoms with Gasteiger partial charge in [0.15, 0.2) is 0 Å². The molecule has 4 amide bonds. The van der Waals surface area contributed by atoms with E-state index < -0.39 is 17.5 Å². The molecule has 1 fully saturated rings. The van der Waals surface area contributed by atoms with Crippen molar-refractivity contribution < 1.29 is 23.5 Å². The van der Waals surface area contributed by atoms with Crippen LogP contribution in [0.2, 0.25) is 0 Å². The van der Waals surface area contributed by atoms with Gasteiger partial charge in [0.2, 0.25) is 5.54 Å². The zero-order valence-corrected chi connectivity index (χ0v) is 16.3. The van der Waals surface area contributed by atoms with E-state index in [1.807, 2.05) is 0 Å². The third-order valence-corrected chi connectivity index (χ3v) is 5.14. The van der Waals surface area contributed by atoms with Crippen LogP contribution >= 0.6 is 0 Å². The molecule has 1 atom stereocenters. The number of ether oxygens (including phenoxy) is 1. The number of benzene rings is 2. The Balaban J connectivity index is 1.65. The highest BCUT2D eigenvalue weighted by atomic mass is 19.1. The van der Waals surface area contributed by atoms with Crippen molar-refractivity contribution in [2.24, 2.45) is 0 Å². The van der Waals surface area contributed by atoms with Gasteiger partial charge in [0.05, 0.1) is 13.7 Å². The first-order chi connectivity index (χ1) is 14.3. The molecule has 0 aromatic heterocycles. The lowest BCUT2D eigenvalue weighted by Gasteiger charge is -2.26. The van der Waals surface area contributed by atoms with Crippen molar-refractivity contribution in [3.8, 4) is 17.6 Å². The summed E-state index contributed by atoms with van der Waals surface area (Å²) in [5, 5.41) is 4.73.